The predicted octanol–water partition coefficient (Wildman–Crippen LogP) is 1.15. The lowest BCUT2D eigenvalue weighted by atomic mass is 10.2. The van der Waals surface area contributed by atoms with E-state index in [1.165, 1.54) is 0 Å². The normalized spacial score (nSPS) is 18.8. The monoisotopic (exact) mass is 225 g/mol. The number of aromatic nitrogens is 1. The van der Waals surface area contributed by atoms with Crippen molar-refractivity contribution in [3.05, 3.63) is 24.0 Å². The minimum Gasteiger partial charge on any atom is -0.489 e. The van der Waals surface area contributed by atoms with Gasteiger partial charge in [-0.25, -0.2) is 0 Å². The molecule has 5 heteroatoms. The van der Waals surface area contributed by atoms with E-state index >= 15 is 0 Å². The summed E-state index contributed by atoms with van der Waals surface area (Å²) in [6.45, 7) is 1.31. The van der Waals surface area contributed by atoms with Gasteiger partial charge in [0.15, 0.2) is 6.29 Å². The van der Waals surface area contributed by atoms with Crippen molar-refractivity contribution in [3.63, 3.8) is 0 Å². The summed E-state index contributed by atoms with van der Waals surface area (Å²) in [6.07, 6.45) is 3.12. The first-order chi connectivity index (χ1) is 7.85. The highest BCUT2D eigenvalue weighted by Crippen LogP contribution is 2.27. The average Bonchev–Trinajstić information content (AvgIpc) is 3.13. The Hall–Kier alpha value is -1.17. The van der Waals surface area contributed by atoms with Gasteiger partial charge in [-0.05, 0) is 6.07 Å². The highest BCUT2D eigenvalue weighted by Gasteiger charge is 2.24. The largest absolute Gasteiger partial charge is 0.489 e. The molecule has 0 N–H and O–H groups in total. The number of epoxide rings is 1. The molecule has 16 heavy (non-hydrogen) atoms. The van der Waals surface area contributed by atoms with Crippen molar-refractivity contribution in [2.45, 2.75) is 12.4 Å². The molecule has 0 aliphatic carbocycles. The van der Waals surface area contributed by atoms with Gasteiger partial charge in [0.25, 0.3) is 0 Å². The van der Waals surface area contributed by atoms with Crippen LogP contribution in [-0.2, 0) is 14.2 Å². The topological polar surface area (TPSA) is 53.1 Å². The van der Waals surface area contributed by atoms with Crippen LogP contribution >= 0.6 is 0 Å². The first-order valence-electron chi connectivity index (χ1n) is 5.09. The van der Waals surface area contributed by atoms with Gasteiger partial charge in [-0.2, -0.15) is 0 Å². The summed E-state index contributed by atoms with van der Waals surface area (Å²) in [5, 5.41) is 0. The van der Waals surface area contributed by atoms with Crippen LogP contribution in [0.15, 0.2) is 18.5 Å². The molecule has 1 unspecified atom stereocenters. The van der Waals surface area contributed by atoms with Gasteiger partial charge in [0.05, 0.1) is 18.4 Å². The molecule has 1 atom stereocenters. The standard InChI is InChI=1S/C11H15NO4/c1-13-11(14-2)9-3-4-12-5-10(9)16-7-8-6-15-8/h3-5,8,11H,6-7H2,1-2H3. The van der Waals surface area contributed by atoms with Gasteiger partial charge >= 0.3 is 0 Å². The molecule has 88 valence electrons. The second kappa shape index (κ2) is 5.25. The summed E-state index contributed by atoms with van der Waals surface area (Å²) < 4.78 is 21.0. The maximum Gasteiger partial charge on any atom is 0.186 e. The van der Waals surface area contributed by atoms with Crippen molar-refractivity contribution in [1.82, 2.24) is 4.98 Å². The van der Waals surface area contributed by atoms with Crippen molar-refractivity contribution in [2.24, 2.45) is 0 Å². The van der Waals surface area contributed by atoms with Crippen LogP contribution in [0.25, 0.3) is 0 Å². The number of methoxy groups -OCH3 is 2. The molecule has 0 saturated carbocycles. The van der Waals surface area contributed by atoms with Gasteiger partial charge in [0, 0.05) is 20.4 Å². The molecule has 1 aliphatic heterocycles. The number of ether oxygens (including phenoxy) is 4. The Morgan fingerprint density at radius 1 is 1.50 bits per heavy atom. The van der Waals surface area contributed by atoms with Gasteiger partial charge in [-0.3, -0.25) is 4.98 Å². The molecule has 1 aliphatic rings. The van der Waals surface area contributed by atoms with Crippen LogP contribution in [0.3, 0.4) is 0 Å². The van der Waals surface area contributed by atoms with Crippen LogP contribution in [0.1, 0.15) is 11.9 Å². The van der Waals surface area contributed by atoms with E-state index in [-0.39, 0.29) is 6.10 Å². The summed E-state index contributed by atoms with van der Waals surface area (Å²) in [4.78, 5) is 4.02. The van der Waals surface area contributed by atoms with Gasteiger partial charge in [-0.1, -0.05) is 0 Å². The van der Waals surface area contributed by atoms with Crippen LogP contribution in [-0.4, -0.2) is 38.5 Å². The van der Waals surface area contributed by atoms with E-state index in [2.05, 4.69) is 4.98 Å². The minimum atomic E-state index is -0.432. The molecule has 1 aromatic heterocycles. The van der Waals surface area contributed by atoms with Gasteiger partial charge < -0.3 is 18.9 Å². The Morgan fingerprint density at radius 3 is 2.88 bits per heavy atom. The van der Waals surface area contributed by atoms with E-state index in [4.69, 9.17) is 18.9 Å². The highest BCUT2D eigenvalue weighted by molar-refractivity contribution is 5.31. The first kappa shape index (κ1) is 11.3. The quantitative estimate of drug-likeness (QED) is 0.537. The van der Waals surface area contributed by atoms with E-state index in [1.54, 1.807) is 26.6 Å². The number of rotatable bonds is 6. The molecular formula is C11H15NO4. The second-order valence-electron chi connectivity index (χ2n) is 3.48. The summed E-state index contributed by atoms with van der Waals surface area (Å²) in [7, 11) is 3.17. The lowest BCUT2D eigenvalue weighted by Gasteiger charge is -2.17. The van der Waals surface area contributed by atoms with E-state index < -0.39 is 6.29 Å². The molecule has 2 rings (SSSR count). The van der Waals surface area contributed by atoms with Gasteiger partial charge in [0.1, 0.15) is 18.5 Å². The second-order valence-corrected chi connectivity index (χ2v) is 3.48. The third kappa shape index (κ3) is 2.69. The van der Waals surface area contributed by atoms with Crippen LogP contribution in [0.2, 0.25) is 0 Å². The van der Waals surface area contributed by atoms with Crippen molar-refractivity contribution in [3.8, 4) is 5.75 Å². The third-order valence-corrected chi connectivity index (χ3v) is 2.33. The molecular weight excluding hydrogens is 210 g/mol. The van der Waals surface area contributed by atoms with Gasteiger partial charge in [0.2, 0.25) is 0 Å². The Bertz CT molecular complexity index is 337. The van der Waals surface area contributed by atoms with Crippen LogP contribution in [0.4, 0.5) is 0 Å². The SMILES string of the molecule is COC(OC)c1ccncc1OCC1CO1. The fraction of sp³-hybridized carbons (Fsp3) is 0.545. The van der Waals surface area contributed by atoms with Crippen LogP contribution in [0.5, 0.6) is 5.75 Å². The molecule has 0 bridgehead atoms. The van der Waals surface area contributed by atoms with Crippen LogP contribution in [0, 0.1) is 0 Å². The Morgan fingerprint density at radius 2 is 2.25 bits per heavy atom. The third-order valence-electron chi connectivity index (χ3n) is 2.33. The van der Waals surface area contributed by atoms with Gasteiger partial charge in [-0.15, -0.1) is 0 Å². The highest BCUT2D eigenvalue weighted by atomic mass is 16.7. The Balaban J connectivity index is 2.08. The molecule has 0 radical (unpaired) electrons. The van der Waals surface area contributed by atoms with Crippen molar-refractivity contribution in [2.75, 3.05) is 27.4 Å². The summed E-state index contributed by atoms with van der Waals surface area (Å²) in [6, 6.07) is 1.82. The summed E-state index contributed by atoms with van der Waals surface area (Å²) >= 11 is 0. The summed E-state index contributed by atoms with van der Waals surface area (Å²) in [5.41, 5.74) is 0.834. The van der Waals surface area contributed by atoms with Crippen molar-refractivity contribution >= 4 is 0 Å². The molecule has 1 fully saturated rings. The molecule has 1 saturated heterocycles. The molecule has 0 aromatic carbocycles. The maximum absolute atomic E-state index is 5.60. The van der Waals surface area contributed by atoms with E-state index in [0.717, 1.165) is 12.2 Å². The number of nitrogens with zero attached hydrogens (tertiary/aromatic N) is 1. The van der Waals surface area contributed by atoms with E-state index in [0.29, 0.717) is 12.4 Å². The number of pyridine rings is 1. The predicted molar refractivity (Wildman–Crippen MR) is 56.2 cm³/mol. The molecule has 0 spiro atoms. The van der Waals surface area contributed by atoms with E-state index in [9.17, 15) is 0 Å². The number of hydrogen-bond acceptors (Lipinski definition) is 5. The summed E-state index contributed by atoms with van der Waals surface area (Å²) in [5.74, 6) is 0.673. The minimum absolute atomic E-state index is 0.219. The fourth-order valence-electron chi connectivity index (χ4n) is 1.40. The Kier molecular flexibility index (Phi) is 3.71. The fourth-order valence-corrected chi connectivity index (χ4v) is 1.40. The van der Waals surface area contributed by atoms with Crippen molar-refractivity contribution in [1.29, 1.82) is 0 Å². The molecule has 1 aromatic rings. The maximum atomic E-state index is 5.60. The van der Waals surface area contributed by atoms with Crippen molar-refractivity contribution < 1.29 is 18.9 Å². The molecule has 5 nitrogen and oxygen atoms in total. The smallest absolute Gasteiger partial charge is 0.186 e. The number of hydrogen-bond donors (Lipinski definition) is 0. The lowest BCUT2D eigenvalue weighted by Crippen LogP contribution is -2.10. The van der Waals surface area contributed by atoms with Crippen LogP contribution < -0.4 is 4.74 Å². The zero-order valence-corrected chi connectivity index (χ0v) is 9.38. The zero-order chi connectivity index (χ0) is 11.4. The average molecular weight is 225 g/mol. The Labute approximate surface area is 94.3 Å². The zero-order valence-electron chi connectivity index (χ0n) is 9.38. The molecule has 0 amide bonds. The van der Waals surface area contributed by atoms with E-state index in [1.807, 2.05) is 6.07 Å². The molecule has 2 heterocycles. The lowest BCUT2D eigenvalue weighted by molar-refractivity contribution is -0.107. The first-order valence-corrected chi connectivity index (χ1v) is 5.09.